The molecule has 0 amide bonds. The molecule has 0 unspecified atom stereocenters. The van der Waals surface area contributed by atoms with Crippen LogP contribution in [-0.4, -0.2) is 17.6 Å². The molecular weight excluding hydrogens is 386 g/mol. The second kappa shape index (κ2) is 11.1. The minimum Gasteiger partial charge on any atom is -0.493 e. The molecule has 0 N–H and O–H groups in total. The van der Waals surface area contributed by atoms with Crippen LogP contribution in [0.3, 0.4) is 0 Å². The molecule has 0 bridgehead atoms. The number of nitrogens with zero attached hydrogens (tertiary/aromatic N) is 1. The molecule has 160 valence electrons. The molecular formula is C27H29NO3. The van der Waals surface area contributed by atoms with Crippen molar-refractivity contribution in [1.82, 2.24) is 4.98 Å². The van der Waals surface area contributed by atoms with Crippen LogP contribution in [0.2, 0.25) is 0 Å². The summed E-state index contributed by atoms with van der Waals surface area (Å²) in [5, 5.41) is 1.11. The Bertz CT molecular complexity index is 1080. The van der Waals surface area contributed by atoms with Crippen LogP contribution in [0.5, 0.6) is 11.5 Å². The highest BCUT2D eigenvalue weighted by Gasteiger charge is 2.09. The smallest absolute Gasteiger partial charge is 0.338 e. The first kappa shape index (κ1) is 22.3. The van der Waals surface area contributed by atoms with Crippen LogP contribution in [0.15, 0.2) is 66.7 Å². The maximum atomic E-state index is 11.9. The summed E-state index contributed by atoms with van der Waals surface area (Å²) in [5.41, 5.74) is 3.08. The number of ether oxygens (including phenoxy) is 2. The van der Waals surface area contributed by atoms with E-state index in [2.05, 4.69) is 24.6 Å². The lowest BCUT2D eigenvalue weighted by molar-refractivity contribution is -0.130. The normalized spacial score (nSPS) is 11.0. The van der Waals surface area contributed by atoms with E-state index in [4.69, 9.17) is 9.47 Å². The Morgan fingerprint density at radius 1 is 1.03 bits per heavy atom. The van der Waals surface area contributed by atoms with E-state index >= 15 is 0 Å². The van der Waals surface area contributed by atoms with Crippen molar-refractivity contribution in [2.75, 3.05) is 6.61 Å². The Hall–Kier alpha value is -3.40. The summed E-state index contributed by atoms with van der Waals surface area (Å²) in [6.07, 6.45) is 8.43. The summed E-state index contributed by atoms with van der Waals surface area (Å²) in [7, 11) is 0. The topological polar surface area (TPSA) is 48.4 Å². The number of aromatic nitrogens is 1. The van der Waals surface area contributed by atoms with Gasteiger partial charge in [0, 0.05) is 22.6 Å². The summed E-state index contributed by atoms with van der Waals surface area (Å²) in [4.78, 5) is 16.6. The highest BCUT2D eigenvalue weighted by atomic mass is 16.5. The number of para-hydroxylation sites is 1. The Morgan fingerprint density at radius 2 is 1.87 bits per heavy atom. The molecule has 0 radical (unpaired) electrons. The number of rotatable bonds is 10. The Balaban J connectivity index is 1.80. The fraction of sp³-hybridized carbons (Fsp3) is 0.259. The molecule has 0 atom stereocenters. The van der Waals surface area contributed by atoms with Crippen molar-refractivity contribution in [3.05, 3.63) is 78.0 Å². The van der Waals surface area contributed by atoms with Gasteiger partial charge in [0.25, 0.3) is 0 Å². The van der Waals surface area contributed by atoms with Gasteiger partial charge in [-0.2, -0.15) is 0 Å². The second-order valence-corrected chi connectivity index (χ2v) is 7.54. The van der Waals surface area contributed by atoms with Crippen LogP contribution >= 0.6 is 0 Å². The van der Waals surface area contributed by atoms with Crippen molar-refractivity contribution in [1.29, 1.82) is 0 Å². The van der Waals surface area contributed by atoms with Gasteiger partial charge in [-0.1, -0.05) is 57.0 Å². The molecule has 3 rings (SSSR count). The Morgan fingerprint density at radius 3 is 2.68 bits per heavy atom. The van der Waals surface area contributed by atoms with Gasteiger partial charge in [-0.25, -0.2) is 9.78 Å². The Labute approximate surface area is 184 Å². The van der Waals surface area contributed by atoms with Gasteiger partial charge in [0.05, 0.1) is 17.8 Å². The van der Waals surface area contributed by atoms with Crippen LogP contribution in [0.1, 0.15) is 50.8 Å². The zero-order chi connectivity index (χ0) is 22.1. The SMILES string of the molecule is C=C(C)C(=O)Oc1ccc(/C=C/c2ccc3ccccc3n2)c(OCCCCCC)c1. The predicted octanol–water partition coefficient (Wildman–Crippen LogP) is 6.85. The molecule has 0 aliphatic carbocycles. The maximum absolute atomic E-state index is 11.9. The van der Waals surface area contributed by atoms with Crippen LogP contribution in [0, 0.1) is 0 Å². The number of esters is 1. The zero-order valence-corrected chi connectivity index (χ0v) is 18.3. The third-order valence-corrected chi connectivity index (χ3v) is 4.85. The quantitative estimate of drug-likeness (QED) is 0.157. The average molecular weight is 416 g/mol. The molecule has 3 aromatic rings. The van der Waals surface area contributed by atoms with Crippen molar-refractivity contribution >= 4 is 29.0 Å². The van der Waals surface area contributed by atoms with Crippen LogP contribution in [0.4, 0.5) is 0 Å². The van der Waals surface area contributed by atoms with Gasteiger partial charge in [0.2, 0.25) is 0 Å². The van der Waals surface area contributed by atoms with Crippen molar-refractivity contribution in [3.8, 4) is 11.5 Å². The van der Waals surface area contributed by atoms with Crippen molar-refractivity contribution in [2.45, 2.75) is 39.5 Å². The number of carbonyl (C=O) groups is 1. The molecule has 0 aliphatic rings. The van der Waals surface area contributed by atoms with Gasteiger partial charge in [0.1, 0.15) is 11.5 Å². The monoisotopic (exact) mass is 415 g/mol. The maximum Gasteiger partial charge on any atom is 0.338 e. The number of fused-ring (bicyclic) bond motifs is 1. The van der Waals surface area contributed by atoms with E-state index < -0.39 is 5.97 Å². The van der Waals surface area contributed by atoms with Gasteiger partial charge in [0.15, 0.2) is 0 Å². The lowest BCUT2D eigenvalue weighted by Gasteiger charge is -2.12. The largest absolute Gasteiger partial charge is 0.493 e. The highest BCUT2D eigenvalue weighted by Crippen LogP contribution is 2.28. The minimum absolute atomic E-state index is 0.355. The highest BCUT2D eigenvalue weighted by molar-refractivity contribution is 5.89. The summed E-state index contributed by atoms with van der Waals surface area (Å²) >= 11 is 0. The van der Waals surface area contributed by atoms with E-state index in [1.807, 2.05) is 48.6 Å². The molecule has 1 aromatic heterocycles. The lowest BCUT2D eigenvalue weighted by Crippen LogP contribution is -2.08. The predicted molar refractivity (Wildman–Crippen MR) is 127 cm³/mol. The molecule has 0 saturated carbocycles. The number of pyridine rings is 1. The first-order chi connectivity index (χ1) is 15.1. The van der Waals surface area contributed by atoms with E-state index in [9.17, 15) is 4.79 Å². The van der Waals surface area contributed by atoms with E-state index in [-0.39, 0.29) is 0 Å². The molecule has 4 heteroatoms. The summed E-state index contributed by atoms with van der Waals surface area (Å²) in [5.74, 6) is 0.677. The van der Waals surface area contributed by atoms with Crippen LogP contribution < -0.4 is 9.47 Å². The second-order valence-electron chi connectivity index (χ2n) is 7.54. The van der Waals surface area contributed by atoms with Gasteiger partial charge < -0.3 is 9.47 Å². The van der Waals surface area contributed by atoms with E-state index in [0.29, 0.717) is 23.7 Å². The van der Waals surface area contributed by atoms with Crippen molar-refractivity contribution < 1.29 is 14.3 Å². The number of benzene rings is 2. The van der Waals surface area contributed by atoms with Gasteiger partial charge in [-0.15, -0.1) is 0 Å². The fourth-order valence-corrected chi connectivity index (χ4v) is 3.10. The van der Waals surface area contributed by atoms with E-state index in [1.165, 1.54) is 12.8 Å². The van der Waals surface area contributed by atoms with E-state index in [0.717, 1.165) is 35.0 Å². The third kappa shape index (κ3) is 6.54. The number of carbonyl (C=O) groups excluding carboxylic acids is 1. The van der Waals surface area contributed by atoms with Crippen LogP contribution in [0.25, 0.3) is 23.1 Å². The molecule has 4 nitrogen and oxygen atoms in total. The van der Waals surface area contributed by atoms with Gasteiger partial charge in [-0.3, -0.25) is 0 Å². The standard InChI is InChI=1S/C27H29NO3/c1-4-5-6-9-18-30-26-19-24(31-27(29)20(2)3)17-14-22(26)13-16-23-15-12-21-10-7-8-11-25(21)28-23/h7-8,10-17,19H,2,4-6,9,18H2,1,3H3/b16-13+. The molecule has 0 aliphatic heterocycles. The minimum atomic E-state index is -0.447. The van der Waals surface area contributed by atoms with E-state index in [1.54, 1.807) is 19.1 Å². The lowest BCUT2D eigenvalue weighted by atomic mass is 10.1. The summed E-state index contributed by atoms with van der Waals surface area (Å²) in [6, 6.07) is 17.5. The molecule has 0 fully saturated rings. The number of hydrogen-bond donors (Lipinski definition) is 0. The molecule has 0 saturated heterocycles. The molecule has 1 heterocycles. The fourth-order valence-electron chi connectivity index (χ4n) is 3.10. The first-order valence-corrected chi connectivity index (χ1v) is 10.7. The van der Waals surface area contributed by atoms with Gasteiger partial charge in [-0.05, 0) is 49.8 Å². The number of hydrogen-bond acceptors (Lipinski definition) is 4. The molecule has 31 heavy (non-hydrogen) atoms. The van der Waals surface area contributed by atoms with Crippen molar-refractivity contribution in [3.63, 3.8) is 0 Å². The average Bonchev–Trinajstić information content (AvgIpc) is 2.78. The molecule has 2 aromatic carbocycles. The third-order valence-electron chi connectivity index (χ3n) is 4.85. The molecule has 0 spiro atoms. The van der Waals surface area contributed by atoms with Gasteiger partial charge >= 0.3 is 5.97 Å². The summed E-state index contributed by atoms with van der Waals surface area (Å²) < 4.78 is 11.4. The van der Waals surface area contributed by atoms with Crippen LogP contribution in [-0.2, 0) is 4.79 Å². The van der Waals surface area contributed by atoms with Crippen molar-refractivity contribution in [2.24, 2.45) is 0 Å². The first-order valence-electron chi connectivity index (χ1n) is 10.7. The zero-order valence-electron chi connectivity index (χ0n) is 18.3. The Kier molecular flexibility index (Phi) is 7.99. The number of unbranched alkanes of at least 4 members (excludes halogenated alkanes) is 3. The summed E-state index contributed by atoms with van der Waals surface area (Å²) in [6.45, 7) is 8.06.